The number of pyridine rings is 1. The van der Waals surface area contributed by atoms with E-state index in [0.29, 0.717) is 11.7 Å². The van der Waals surface area contributed by atoms with Crippen LogP contribution in [0.4, 0.5) is 0 Å². The highest BCUT2D eigenvalue weighted by Gasteiger charge is 1.93. The van der Waals surface area contributed by atoms with E-state index >= 15 is 0 Å². The number of rotatable bonds is 4. The summed E-state index contributed by atoms with van der Waals surface area (Å²) in [4.78, 5) is 3.88. The van der Waals surface area contributed by atoms with Gasteiger partial charge < -0.3 is 11.1 Å². The van der Waals surface area contributed by atoms with Crippen LogP contribution in [0.3, 0.4) is 0 Å². The molecule has 0 aliphatic carbocycles. The summed E-state index contributed by atoms with van der Waals surface area (Å²) in [5.74, 6) is 0. The number of hydrogen-bond donors (Lipinski definition) is 2. The fraction of sp³-hybridized carbons (Fsp3) is 0.375. The molecule has 3 nitrogen and oxygen atoms in total. The Morgan fingerprint density at radius 3 is 3.08 bits per heavy atom. The van der Waals surface area contributed by atoms with Gasteiger partial charge in [0.1, 0.15) is 5.15 Å². The van der Waals surface area contributed by atoms with Crippen LogP contribution in [0, 0.1) is 0 Å². The summed E-state index contributed by atoms with van der Waals surface area (Å²) in [5, 5.41) is 3.70. The number of nitrogens with two attached hydrogens (primary N) is 1. The fourth-order valence-electron chi connectivity index (χ4n) is 0.887. The van der Waals surface area contributed by atoms with Gasteiger partial charge in [-0.3, -0.25) is 0 Å². The van der Waals surface area contributed by atoms with Crippen LogP contribution in [0.25, 0.3) is 0 Å². The highest BCUT2D eigenvalue weighted by atomic mass is 35.5. The topological polar surface area (TPSA) is 50.9 Å². The highest BCUT2D eigenvalue weighted by Crippen LogP contribution is 2.05. The van der Waals surface area contributed by atoms with Crippen LogP contribution in [-0.4, -0.2) is 18.1 Å². The molecule has 12 heavy (non-hydrogen) atoms. The summed E-state index contributed by atoms with van der Waals surface area (Å²) in [6.45, 7) is 2.26. The van der Waals surface area contributed by atoms with Gasteiger partial charge in [-0.25, -0.2) is 4.98 Å². The second-order valence-corrected chi connectivity index (χ2v) is 2.84. The Hall–Kier alpha value is -0.640. The van der Waals surface area contributed by atoms with Crippen molar-refractivity contribution in [3.63, 3.8) is 0 Å². The Bertz CT molecular complexity index is 239. The van der Waals surface area contributed by atoms with E-state index in [-0.39, 0.29) is 0 Å². The fourth-order valence-corrected chi connectivity index (χ4v) is 1.08. The van der Waals surface area contributed by atoms with Crippen LogP contribution in [0.5, 0.6) is 0 Å². The summed E-state index contributed by atoms with van der Waals surface area (Å²) >= 11 is 5.69. The van der Waals surface area contributed by atoms with Crippen molar-refractivity contribution in [2.75, 3.05) is 13.1 Å². The molecule has 0 aliphatic heterocycles. The quantitative estimate of drug-likeness (QED) is 0.539. The van der Waals surface area contributed by atoms with Gasteiger partial charge in [0.05, 0.1) is 0 Å². The van der Waals surface area contributed by atoms with Crippen LogP contribution < -0.4 is 11.1 Å². The second-order valence-electron chi connectivity index (χ2n) is 2.45. The van der Waals surface area contributed by atoms with Crippen molar-refractivity contribution in [3.8, 4) is 0 Å². The molecule has 0 saturated carbocycles. The van der Waals surface area contributed by atoms with Crippen LogP contribution in [-0.2, 0) is 6.54 Å². The molecule has 0 bridgehead atoms. The third kappa shape index (κ3) is 3.17. The van der Waals surface area contributed by atoms with Crippen molar-refractivity contribution >= 4 is 11.6 Å². The molecule has 0 amide bonds. The van der Waals surface area contributed by atoms with E-state index in [9.17, 15) is 0 Å². The normalized spacial score (nSPS) is 10.2. The van der Waals surface area contributed by atoms with Gasteiger partial charge in [0.2, 0.25) is 0 Å². The highest BCUT2D eigenvalue weighted by molar-refractivity contribution is 6.29. The van der Waals surface area contributed by atoms with E-state index in [0.717, 1.165) is 18.7 Å². The largest absolute Gasteiger partial charge is 0.329 e. The average Bonchev–Trinajstić information content (AvgIpc) is 2.05. The van der Waals surface area contributed by atoms with E-state index in [1.165, 1.54) is 0 Å². The molecular weight excluding hydrogens is 174 g/mol. The molecule has 0 aliphatic rings. The van der Waals surface area contributed by atoms with Crippen LogP contribution in [0.2, 0.25) is 5.15 Å². The summed E-state index contributed by atoms with van der Waals surface area (Å²) < 4.78 is 0. The van der Waals surface area contributed by atoms with E-state index < -0.39 is 0 Å². The van der Waals surface area contributed by atoms with Crippen molar-refractivity contribution in [2.45, 2.75) is 6.54 Å². The predicted molar refractivity (Wildman–Crippen MR) is 50.0 cm³/mol. The molecule has 0 spiro atoms. The van der Waals surface area contributed by atoms with Crippen molar-refractivity contribution in [2.24, 2.45) is 5.73 Å². The molecule has 0 aromatic carbocycles. The molecule has 0 radical (unpaired) electrons. The predicted octanol–water partition coefficient (Wildman–Crippen LogP) is 0.783. The lowest BCUT2D eigenvalue weighted by Crippen LogP contribution is -2.21. The van der Waals surface area contributed by atoms with Crippen molar-refractivity contribution < 1.29 is 0 Å². The lowest BCUT2D eigenvalue weighted by molar-refractivity contribution is 0.694. The number of aromatic nitrogens is 1. The summed E-state index contributed by atoms with van der Waals surface area (Å²) in [6.07, 6.45) is 1.70. The van der Waals surface area contributed by atoms with E-state index in [1.807, 2.05) is 12.1 Å². The zero-order valence-electron chi connectivity index (χ0n) is 6.76. The maximum Gasteiger partial charge on any atom is 0.129 e. The molecule has 66 valence electrons. The van der Waals surface area contributed by atoms with E-state index in [1.54, 1.807) is 6.20 Å². The number of halogens is 1. The maximum absolute atomic E-state index is 5.69. The molecule has 1 aromatic rings. The first-order valence-electron chi connectivity index (χ1n) is 3.84. The molecule has 1 heterocycles. The van der Waals surface area contributed by atoms with Crippen molar-refractivity contribution in [1.29, 1.82) is 0 Å². The van der Waals surface area contributed by atoms with Crippen LogP contribution in [0.1, 0.15) is 5.56 Å². The SMILES string of the molecule is NCCNCc1ccnc(Cl)c1. The minimum Gasteiger partial charge on any atom is -0.329 e. The van der Waals surface area contributed by atoms with Gasteiger partial charge in [-0.2, -0.15) is 0 Å². The van der Waals surface area contributed by atoms with Gasteiger partial charge in [-0.1, -0.05) is 11.6 Å². The van der Waals surface area contributed by atoms with Gasteiger partial charge in [0.15, 0.2) is 0 Å². The zero-order chi connectivity index (χ0) is 8.81. The Kier molecular flexibility index (Phi) is 4.00. The van der Waals surface area contributed by atoms with Crippen LogP contribution >= 0.6 is 11.6 Å². The van der Waals surface area contributed by atoms with Gasteiger partial charge in [0.25, 0.3) is 0 Å². The number of nitrogens with zero attached hydrogens (tertiary/aromatic N) is 1. The number of nitrogens with one attached hydrogen (secondary N) is 1. The standard InChI is InChI=1S/C8H12ClN3/c9-8-5-7(1-3-12-8)6-11-4-2-10/h1,3,5,11H,2,4,6,10H2. The first-order valence-corrected chi connectivity index (χ1v) is 4.22. The lowest BCUT2D eigenvalue weighted by Gasteiger charge is -2.02. The number of hydrogen-bond acceptors (Lipinski definition) is 3. The van der Waals surface area contributed by atoms with Gasteiger partial charge in [0, 0.05) is 25.8 Å². The smallest absolute Gasteiger partial charge is 0.129 e. The van der Waals surface area contributed by atoms with Gasteiger partial charge in [-0.05, 0) is 17.7 Å². The maximum atomic E-state index is 5.69. The third-order valence-electron chi connectivity index (χ3n) is 1.44. The molecule has 1 aromatic heterocycles. The first kappa shape index (κ1) is 9.45. The lowest BCUT2D eigenvalue weighted by atomic mass is 10.3. The van der Waals surface area contributed by atoms with Gasteiger partial charge >= 0.3 is 0 Å². The van der Waals surface area contributed by atoms with E-state index in [2.05, 4.69) is 10.3 Å². The first-order chi connectivity index (χ1) is 5.83. The molecule has 0 fully saturated rings. The van der Waals surface area contributed by atoms with Crippen molar-refractivity contribution in [1.82, 2.24) is 10.3 Å². The summed E-state index contributed by atoms with van der Waals surface area (Å²) in [6, 6.07) is 3.76. The van der Waals surface area contributed by atoms with E-state index in [4.69, 9.17) is 17.3 Å². The Labute approximate surface area is 76.9 Å². The summed E-state index contributed by atoms with van der Waals surface area (Å²) in [7, 11) is 0. The zero-order valence-corrected chi connectivity index (χ0v) is 7.51. The monoisotopic (exact) mass is 185 g/mol. The molecule has 4 heteroatoms. The third-order valence-corrected chi connectivity index (χ3v) is 1.65. The summed E-state index contributed by atoms with van der Waals surface area (Å²) in [5.41, 5.74) is 6.45. The minimum atomic E-state index is 0.530. The van der Waals surface area contributed by atoms with Gasteiger partial charge in [-0.15, -0.1) is 0 Å². The molecule has 0 atom stereocenters. The second kappa shape index (κ2) is 5.09. The molecule has 1 rings (SSSR count). The Balaban J connectivity index is 2.41. The molecule has 0 saturated heterocycles. The Morgan fingerprint density at radius 1 is 1.58 bits per heavy atom. The Morgan fingerprint density at radius 2 is 2.42 bits per heavy atom. The molecule has 3 N–H and O–H groups in total. The molecular formula is C8H12ClN3. The molecule has 0 unspecified atom stereocenters. The van der Waals surface area contributed by atoms with Crippen molar-refractivity contribution in [3.05, 3.63) is 29.0 Å². The average molecular weight is 186 g/mol. The minimum absolute atomic E-state index is 0.530. The van der Waals surface area contributed by atoms with Crippen LogP contribution in [0.15, 0.2) is 18.3 Å².